The second-order valence-corrected chi connectivity index (χ2v) is 5.51. The molecular weight excluding hydrogens is 256 g/mol. The summed E-state index contributed by atoms with van der Waals surface area (Å²) in [5, 5.41) is 13.2. The number of ether oxygens (including phenoxy) is 1. The van der Waals surface area contributed by atoms with Crippen molar-refractivity contribution in [2.75, 3.05) is 6.54 Å². The summed E-state index contributed by atoms with van der Waals surface area (Å²) < 4.78 is 4.99. The molecule has 0 atom stereocenters. The van der Waals surface area contributed by atoms with E-state index in [9.17, 15) is 9.59 Å². The Morgan fingerprint density at radius 3 is 2.67 bits per heavy atom. The molecule has 1 rings (SSSR count). The number of aromatic nitrogens is 1. The van der Waals surface area contributed by atoms with Gasteiger partial charge in [0.2, 0.25) is 5.78 Å². The van der Waals surface area contributed by atoms with E-state index < -0.39 is 11.7 Å². The predicted molar refractivity (Wildman–Crippen MR) is 66.6 cm³/mol. The standard InChI is InChI=1S/C11H16N2O4S/c1-11(2,3)17-10(16)12-4-8(15)7-6-18-9(5-14)13-7/h6,14H,4-5H2,1-3H3,(H,12,16). The number of carbonyl (C=O) groups is 2. The van der Waals surface area contributed by atoms with Gasteiger partial charge in [0, 0.05) is 5.38 Å². The van der Waals surface area contributed by atoms with Crippen molar-refractivity contribution < 1.29 is 19.4 Å². The van der Waals surface area contributed by atoms with E-state index in [1.54, 1.807) is 26.2 Å². The van der Waals surface area contributed by atoms with Gasteiger partial charge in [-0.3, -0.25) is 4.79 Å². The lowest BCUT2D eigenvalue weighted by Crippen LogP contribution is -2.35. The number of hydrogen-bond donors (Lipinski definition) is 2. The van der Waals surface area contributed by atoms with Gasteiger partial charge in [0.05, 0.1) is 13.2 Å². The number of ketones is 1. The lowest BCUT2D eigenvalue weighted by Gasteiger charge is -2.19. The number of nitrogens with one attached hydrogen (secondary N) is 1. The number of aliphatic hydroxyl groups is 1. The van der Waals surface area contributed by atoms with Gasteiger partial charge < -0.3 is 15.2 Å². The van der Waals surface area contributed by atoms with Crippen molar-refractivity contribution in [3.63, 3.8) is 0 Å². The monoisotopic (exact) mass is 272 g/mol. The van der Waals surface area contributed by atoms with E-state index in [0.717, 1.165) is 0 Å². The molecule has 18 heavy (non-hydrogen) atoms. The minimum atomic E-state index is -0.645. The maximum Gasteiger partial charge on any atom is 0.408 e. The first kappa shape index (κ1) is 14.6. The Kier molecular flexibility index (Phi) is 4.80. The van der Waals surface area contributed by atoms with Crippen molar-refractivity contribution in [3.8, 4) is 0 Å². The lowest BCUT2D eigenvalue weighted by molar-refractivity contribution is 0.0520. The SMILES string of the molecule is CC(C)(C)OC(=O)NCC(=O)c1csc(CO)n1. The second kappa shape index (κ2) is 5.92. The first-order valence-electron chi connectivity index (χ1n) is 5.37. The maximum atomic E-state index is 11.6. The van der Waals surface area contributed by atoms with E-state index in [1.807, 2.05) is 0 Å². The fourth-order valence-corrected chi connectivity index (χ4v) is 1.73. The Labute approximate surface area is 109 Å². The largest absolute Gasteiger partial charge is 0.444 e. The van der Waals surface area contributed by atoms with Crippen LogP contribution in [0.3, 0.4) is 0 Å². The number of hydrogen-bond acceptors (Lipinski definition) is 6. The van der Waals surface area contributed by atoms with E-state index in [2.05, 4.69) is 10.3 Å². The van der Waals surface area contributed by atoms with Gasteiger partial charge in [-0.1, -0.05) is 0 Å². The number of thiazole rings is 1. The highest BCUT2D eigenvalue weighted by molar-refractivity contribution is 7.09. The molecule has 0 unspecified atom stereocenters. The number of amides is 1. The van der Waals surface area contributed by atoms with Gasteiger partial charge in [0.25, 0.3) is 0 Å². The van der Waals surface area contributed by atoms with Crippen LogP contribution >= 0.6 is 11.3 Å². The molecule has 2 N–H and O–H groups in total. The fraction of sp³-hybridized carbons (Fsp3) is 0.545. The van der Waals surface area contributed by atoms with Crippen molar-refractivity contribution in [2.45, 2.75) is 33.0 Å². The van der Waals surface area contributed by atoms with Gasteiger partial charge in [-0.05, 0) is 20.8 Å². The summed E-state index contributed by atoms with van der Waals surface area (Å²) >= 11 is 1.20. The molecule has 100 valence electrons. The Morgan fingerprint density at radius 2 is 2.17 bits per heavy atom. The predicted octanol–water partition coefficient (Wildman–Crippen LogP) is 1.34. The lowest BCUT2D eigenvalue weighted by atomic mass is 10.2. The number of Topliss-reactive ketones (excluding diaryl/α,β-unsaturated/α-hetero) is 1. The maximum absolute atomic E-state index is 11.6. The summed E-state index contributed by atoms with van der Waals surface area (Å²) in [6, 6.07) is 0. The van der Waals surface area contributed by atoms with Gasteiger partial charge in [0.15, 0.2) is 0 Å². The quantitative estimate of drug-likeness (QED) is 0.807. The summed E-state index contributed by atoms with van der Waals surface area (Å²) in [6.07, 6.45) is -0.645. The zero-order chi connectivity index (χ0) is 13.8. The smallest absolute Gasteiger partial charge is 0.408 e. The van der Waals surface area contributed by atoms with Gasteiger partial charge in [-0.25, -0.2) is 9.78 Å². The molecule has 1 amide bonds. The van der Waals surface area contributed by atoms with Crippen LogP contribution in [0.5, 0.6) is 0 Å². The highest BCUT2D eigenvalue weighted by Gasteiger charge is 2.17. The van der Waals surface area contributed by atoms with Gasteiger partial charge in [0.1, 0.15) is 16.3 Å². The van der Waals surface area contributed by atoms with E-state index >= 15 is 0 Å². The number of nitrogens with zero attached hydrogens (tertiary/aromatic N) is 1. The molecule has 6 nitrogen and oxygen atoms in total. The van der Waals surface area contributed by atoms with E-state index in [4.69, 9.17) is 9.84 Å². The molecule has 1 aromatic heterocycles. The second-order valence-electron chi connectivity index (χ2n) is 4.56. The molecule has 0 saturated carbocycles. The summed E-state index contributed by atoms with van der Waals surface area (Å²) in [5.74, 6) is -0.322. The molecule has 0 bridgehead atoms. The Morgan fingerprint density at radius 1 is 1.50 bits per heavy atom. The van der Waals surface area contributed by atoms with Crippen LogP contribution in [0.25, 0.3) is 0 Å². The van der Waals surface area contributed by atoms with Crippen LogP contribution < -0.4 is 5.32 Å². The van der Waals surface area contributed by atoms with Crippen LogP contribution in [0.15, 0.2) is 5.38 Å². The number of carbonyl (C=O) groups excluding carboxylic acids is 2. The van der Waals surface area contributed by atoms with Crippen LogP contribution in [-0.2, 0) is 11.3 Å². The topological polar surface area (TPSA) is 88.5 Å². The zero-order valence-corrected chi connectivity index (χ0v) is 11.3. The normalized spacial score (nSPS) is 11.1. The van der Waals surface area contributed by atoms with E-state index in [-0.39, 0.29) is 24.6 Å². The van der Waals surface area contributed by atoms with Gasteiger partial charge in [-0.15, -0.1) is 11.3 Å². The third-order valence-corrected chi connectivity index (χ3v) is 2.60. The fourth-order valence-electron chi connectivity index (χ4n) is 1.07. The van der Waals surface area contributed by atoms with E-state index in [1.165, 1.54) is 11.3 Å². The first-order chi connectivity index (χ1) is 8.31. The minimum absolute atomic E-state index is 0.177. The van der Waals surface area contributed by atoms with Crippen molar-refractivity contribution in [1.82, 2.24) is 10.3 Å². The van der Waals surface area contributed by atoms with Gasteiger partial charge in [-0.2, -0.15) is 0 Å². The number of alkyl carbamates (subject to hydrolysis) is 1. The van der Waals surface area contributed by atoms with Crippen LogP contribution in [-0.4, -0.2) is 34.1 Å². The third kappa shape index (κ3) is 4.80. The molecule has 0 fully saturated rings. The highest BCUT2D eigenvalue weighted by atomic mass is 32.1. The highest BCUT2D eigenvalue weighted by Crippen LogP contribution is 2.10. The van der Waals surface area contributed by atoms with Crippen LogP contribution in [0, 0.1) is 0 Å². The molecule has 0 aromatic carbocycles. The average Bonchev–Trinajstić information content (AvgIpc) is 2.72. The molecule has 7 heteroatoms. The third-order valence-electron chi connectivity index (χ3n) is 1.76. The van der Waals surface area contributed by atoms with Crippen LogP contribution in [0.2, 0.25) is 0 Å². The van der Waals surface area contributed by atoms with Gasteiger partial charge >= 0.3 is 6.09 Å². The molecule has 1 aromatic rings. The minimum Gasteiger partial charge on any atom is -0.444 e. The summed E-state index contributed by atoms with van der Waals surface area (Å²) in [5.41, 5.74) is -0.363. The zero-order valence-electron chi connectivity index (χ0n) is 10.5. The molecule has 0 aliphatic carbocycles. The van der Waals surface area contributed by atoms with Crippen molar-refractivity contribution in [2.24, 2.45) is 0 Å². The summed E-state index contributed by atoms with van der Waals surface area (Å²) in [7, 11) is 0. The van der Waals surface area contributed by atoms with Crippen LogP contribution in [0.1, 0.15) is 36.3 Å². The average molecular weight is 272 g/mol. The van der Waals surface area contributed by atoms with Crippen molar-refractivity contribution in [3.05, 3.63) is 16.1 Å². The van der Waals surface area contributed by atoms with Crippen LogP contribution in [0.4, 0.5) is 4.79 Å². The molecule has 0 saturated heterocycles. The van der Waals surface area contributed by atoms with Crippen molar-refractivity contribution in [1.29, 1.82) is 0 Å². The Bertz CT molecular complexity index is 436. The molecule has 0 radical (unpaired) electrons. The molecular formula is C11H16N2O4S. The Hall–Kier alpha value is -1.47. The number of aliphatic hydroxyl groups excluding tert-OH is 1. The number of rotatable bonds is 4. The van der Waals surface area contributed by atoms with Crippen molar-refractivity contribution >= 4 is 23.2 Å². The first-order valence-corrected chi connectivity index (χ1v) is 6.25. The summed E-state index contributed by atoms with van der Waals surface area (Å²) in [6.45, 7) is 4.84. The molecule has 0 aliphatic rings. The summed E-state index contributed by atoms with van der Waals surface area (Å²) in [4.78, 5) is 26.9. The Balaban J connectivity index is 2.44. The molecule has 0 aliphatic heterocycles. The molecule has 1 heterocycles. The molecule has 0 spiro atoms. The van der Waals surface area contributed by atoms with E-state index in [0.29, 0.717) is 5.01 Å².